The van der Waals surface area contributed by atoms with E-state index >= 15 is 0 Å². The van der Waals surface area contributed by atoms with E-state index in [4.69, 9.17) is 15.0 Å². The maximum Gasteiger partial charge on any atom is 0.264 e. The number of nitrogens with two attached hydrogens (primary N) is 1. The molecule has 0 radical (unpaired) electrons. The van der Waals surface area contributed by atoms with Gasteiger partial charge in [0.05, 0.1) is 0 Å². The van der Waals surface area contributed by atoms with Gasteiger partial charge in [-0.05, 0) is 31.5 Å². The van der Waals surface area contributed by atoms with Gasteiger partial charge in [-0.1, -0.05) is 17.3 Å². The van der Waals surface area contributed by atoms with Gasteiger partial charge >= 0.3 is 0 Å². The monoisotopic (exact) mass is 233 g/mol. The number of nitrogens with zero attached hydrogens (tertiary/aromatic N) is 2. The summed E-state index contributed by atoms with van der Waals surface area (Å²) in [6.07, 6.45) is 0. The Morgan fingerprint density at radius 1 is 1.47 bits per heavy atom. The summed E-state index contributed by atoms with van der Waals surface area (Å²) in [5, 5.41) is 3.69. The fraction of sp³-hybridized carbons (Fsp3) is 0.333. The van der Waals surface area contributed by atoms with Crippen molar-refractivity contribution in [1.29, 1.82) is 0 Å². The smallest absolute Gasteiger partial charge is 0.264 e. The zero-order valence-corrected chi connectivity index (χ0v) is 9.88. The predicted molar refractivity (Wildman–Crippen MR) is 62.4 cm³/mol. The van der Waals surface area contributed by atoms with E-state index in [1.54, 1.807) is 6.92 Å². The summed E-state index contributed by atoms with van der Waals surface area (Å²) in [5.74, 6) is 1.82. The first-order valence-corrected chi connectivity index (χ1v) is 5.42. The molecule has 2 rings (SSSR count). The average Bonchev–Trinajstić information content (AvgIpc) is 2.73. The maximum absolute atomic E-state index is 5.80. The van der Waals surface area contributed by atoms with Crippen LogP contribution in [0.1, 0.15) is 30.2 Å². The van der Waals surface area contributed by atoms with Gasteiger partial charge in [0.1, 0.15) is 5.75 Å². The molecule has 1 atom stereocenters. The van der Waals surface area contributed by atoms with E-state index in [2.05, 4.69) is 10.1 Å². The van der Waals surface area contributed by atoms with Crippen molar-refractivity contribution in [2.45, 2.75) is 26.5 Å². The van der Waals surface area contributed by atoms with Crippen molar-refractivity contribution in [1.82, 2.24) is 10.1 Å². The molecule has 0 aliphatic rings. The van der Waals surface area contributed by atoms with E-state index in [1.807, 2.05) is 31.2 Å². The third kappa shape index (κ3) is 3.04. The lowest BCUT2D eigenvalue weighted by molar-refractivity contribution is 0.242. The Kier molecular flexibility index (Phi) is 3.39. The van der Waals surface area contributed by atoms with Gasteiger partial charge in [-0.15, -0.1) is 0 Å². The third-order valence-corrected chi connectivity index (χ3v) is 2.32. The van der Waals surface area contributed by atoms with Gasteiger partial charge in [0.25, 0.3) is 5.89 Å². The van der Waals surface area contributed by atoms with E-state index in [-0.39, 0.29) is 12.6 Å². The lowest BCUT2D eigenvalue weighted by Crippen LogP contribution is -2.05. The number of rotatable bonds is 4. The van der Waals surface area contributed by atoms with Crippen molar-refractivity contribution in [3.8, 4) is 5.75 Å². The molecule has 0 bridgehead atoms. The Morgan fingerprint density at radius 3 is 2.94 bits per heavy atom. The normalized spacial score (nSPS) is 12.4. The van der Waals surface area contributed by atoms with Crippen LogP contribution in [0, 0.1) is 6.92 Å². The van der Waals surface area contributed by atoms with Gasteiger partial charge < -0.3 is 15.0 Å². The number of hydrogen-bond donors (Lipinski definition) is 1. The van der Waals surface area contributed by atoms with Gasteiger partial charge in [-0.2, -0.15) is 4.98 Å². The van der Waals surface area contributed by atoms with Crippen LogP contribution >= 0.6 is 0 Å². The molecule has 1 heterocycles. The summed E-state index contributed by atoms with van der Waals surface area (Å²) >= 11 is 0. The van der Waals surface area contributed by atoms with Gasteiger partial charge in [-0.3, -0.25) is 0 Å². The van der Waals surface area contributed by atoms with E-state index in [9.17, 15) is 0 Å². The Labute approximate surface area is 99.6 Å². The molecule has 1 aromatic heterocycles. The van der Waals surface area contributed by atoms with Crippen LogP contribution < -0.4 is 10.5 Å². The molecule has 0 saturated heterocycles. The lowest BCUT2D eigenvalue weighted by atomic mass is 10.1. The fourth-order valence-corrected chi connectivity index (χ4v) is 1.43. The largest absolute Gasteiger partial charge is 0.484 e. The Morgan fingerprint density at radius 2 is 2.29 bits per heavy atom. The first kappa shape index (κ1) is 11.6. The molecular formula is C12H15N3O2. The minimum absolute atomic E-state index is 0.0100. The molecule has 90 valence electrons. The van der Waals surface area contributed by atoms with Gasteiger partial charge in [0.2, 0.25) is 0 Å². The molecule has 17 heavy (non-hydrogen) atoms. The van der Waals surface area contributed by atoms with Crippen LogP contribution in [-0.4, -0.2) is 10.1 Å². The molecule has 0 fully saturated rings. The third-order valence-electron chi connectivity index (χ3n) is 2.32. The highest BCUT2D eigenvalue weighted by molar-refractivity contribution is 5.30. The van der Waals surface area contributed by atoms with Crippen LogP contribution in [-0.2, 0) is 6.61 Å². The number of benzene rings is 1. The minimum Gasteiger partial charge on any atom is -0.484 e. The second-order valence-corrected chi connectivity index (χ2v) is 3.89. The van der Waals surface area contributed by atoms with Crippen molar-refractivity contribution in [2.75, 3.05) is 0 Å². The maximum atomic E-state index is 5.80. The highest BCUT2D eigenvalue weighted by atomic mass is 16.5. The highest BCUT2D eigenvalue weighted by Crippen LogP contribution is 2.18. The van der Waals surface area contributed by atoms with Gasteiger partial charge in [-0.25, -0.2) is 0 Å². The topological polar surface area (TPSA) is 74.2 Å². The summed E-state index contributed by atoms with van der Waals surface area (Å²) in [7, 11) is 0. The van der Waals surface area contributed by atoms with Crippen molar-refractivity contribution in [3.63, 3.8) is 0 Å². The first-order chi connectivity index (χ1) is 8.15. The summed E-state index contributed by atoms with van der Waals surface area (Å²) < 4.78 is 10.5. The SMILES string of the molecule is Cc1noc(COc2cccc([C@H](C)N)c2)n1. The van der Waals surface area contributed by atoms with Crippen LogP contribution in [0.5, 0.6) is 5.75 Å². The van der Waals surface area contributed by atoms with Crippen LogP contribution in [0.2, 0.25) is 0 Å². The number of aryl methyl sites for hydroxylation is 1. The second kappa shape index (κ2) is 4.97. The zero-order valence-electron chi connectivity index (χ0n) is 9.88. The summed E-state index contributed by atoms with van der Waals surface area (Å²) in [6.45, 7) is 3.97. The summed E-state index contributed by atoms with van der Waals surface area (Å²) in [5.41, 5.74) is 6.83. The van der Waals surface area contributed by atoms with Crippen LogP contribution in [0.15, 0.2) is 28.8 Å². The molecule has 5 heteroatoms. The molecule has 5 nitrogen and oxygen atoms in total. The fourth-order valence-electron chi connectivity index (χ4n) is 1.43. The van der Waals surface area contributed by atoms with Crippen LogP contribution in [0.3, 0.4) is 0 Å². The predicted octanol–water partition coefficient (Wildman–Crippen LogP) is 1.98. The van der Waals surface area contributed by atoms with Crippen LogP contribution in [0.4, 0.5) is 0 Å². The molecule has 1 aromatic carbocycles. The van der Waals surface area contributed by atoms with Crippen molar-refractivity contribution in [3.05, 3.63) is 41.5 Å². The second-order valence-electron chi connectivity index (χ2n) is 3.89. The Hall–Kier alpha value is -1.88. The Balaban J connectivity index is 2.01. The van der Waals surface area contributed by atoms with E-state index in [0.717, 1.165) is 11.3 Å². The molecule has 0 unspecified atom stereocenters. The molecule has 0 saturated carbocycles. The van der Waals surface area contributed by atoms with E-state index < -0.39 is 0 Å². The standard InChI is InChI=1S/C12H15N3O2/c1-8(13)10-4-3-5-11(6-10)16-7-12-14-9(2)15-17-12/h3-6,8H,7,13H2,1-2H3/t8-/m0/s1. The molecule has 0 amide bonds. The highest BCUT2D eigenvalue weighted by Gasteiger charge is 2.05. The molecule has 2 aromatic rings. The summed E-state index contributed by atoms with van der Waals surface area (Å²) in [4.78, 5) is 4.06. The first-order valence-electron chi connectivity index (χ1n) is 5.42. The van der Waals surface area contributed by atoms with E-state index in [0.29, 0.717) is 11.7 Å². The average molecular weight is 233 g/mol. The van der Waals surface area contributed by atoms with Crippen molar-refractivity contribution < 1.29 is 9.26 Å². The van der Waals surface area contributed by atoms with Gasteiger partial charge in [0.15, 0.2) is 12.4 Å². The molecular weight excluding hydrogens is 218 g/mol. The Bertz CT molecular complexity index is 494. The zero-order chi connectivity index (χ0) is 12.3. The van der Waals surface area contributed by atoms with Crippen LogP contribution in [0.25, 0.3) is 0 Å². The minimum atomic E-state index is -0.0100. The summed E-state index contributed by atoms with van der Waals surface area (Å²) in [6, 6.07) is 7.65. The molecule has 0 aliphatic heterocycles. The van der Waals surface area contributed by atoms with Gasteiger partial charge in [0, 0.05) is 6.04 Å². The number of hydrogen-bond acceptors (Lipinski definition) is 5. The lowest BCUT2D eigenvalue weighted by Gasteiger charge is -2.08. The molecule has 2 N–H and O–H groups in total. The number of aromatic nitrogens is 2. The van der Waals surface area contributed by atoms with Crippen molar-refractivity contribution in [2.24, 2.45) is 5.73 Å². The molecule has 0 spiro atoms. The number of ether oxygens (including phenoxy) is 1. The molecule has 0 aliphatic carbocycles. The van der Waals surface area contributed by atoms with E-state index in [1.165, 1.54) is 0 Å². The quantitative estimate of drug-likeness (QED) is 0.873. The van der Waals surface area contributed by atoms with Crippen molar-refractivity contribution >= 4 is 0 Å².